The van der Waals surface area contributed by atoms with E-state index in [4.69, 9.17) is 4.74 Å². The number of aliphatic hydroxyl groups excluding tert-OH is 1. The van der Waals surface area contributed by atoms with Gasteiger partial charge in [0.05, 0.1) is 13.7 Å². The lowest BCUT2D eigenvalue weighted by Gasteiger charge is -2.42. The van der Waals surface area contributed by atoms with Crippen LogP contribution in [0.25, 0.3) is 5.82 Å². The highest BCUT2D eigenvalue weighted by molar-refractivity contribution is 5.30. The Kier molecular flexibility index (Phi) is 5.97. The Bertz CT molecular complexity index is 925. The minimum atomic E-state index is -0.118. The summed E-state index contributed by atoms with van der Waals surface area (Å²) in [5.41, 5.74) is 2.32. The molecule has 1 atom stereocenters. The molecular formula is C24H29N3O2. The molecule has 1 N–H and O–H groups in total. The standard InChI is InChI=1S/C24H29N3O2/c1-29-22-9-4-7-20(15-22)16-24(19-28)11-6-13-26(18-24)17-21-8-5-14-27(21)23-10-2-3-12-25-23/h2-5,7-10,12,14-15,28H,6,11,13,16-19H2,1H3. The second-order valence-electron chi connectivity index (χ2n) is 8.06. The molecule has 1 unspecified atom stereocenters. The first-order chi connectivity index (χ1) is 14.2. The third-order valence-corrected chi connectivity index (χ3v) is 5.90. The van der Waals surface area contributed by atoms with Crippen molar-refractivity contribution in [2.75, 3.05) is 26.8 Å². The zero-order valence-corrected chi connectivity index (χ0v) is 17.0. The average molecular weight is 392 g/mol. The van der Waals surface area contributed by atoms with Gasteiger partial charge in [-0.3, -0.25) is 4.90 Å². The monoisotopic (exact) mass is 391 g/mol. The molecule has 3 heterocycles. The zero-order chi connectivity index (χ0) is 20.1. The number of piperidine rings is 1. The number of pyridine rings is 1. The molecule has 29 heavy (non-hydrogen) atoms. The number of methoxy groups -OCH3 is 1. The molecule has 1 aliphatic heterocycles. The maximum atomic E-state index is 10.3. The van der Waals surface area contributed by atoms with E-state index in [0.717, 1.165) is 50.5 Å². The van der Waals surface area contributed by atoms with Crippen LogP contribution in [0.1, 0.15) is 24.1 Å². The van der Waals surface area contributed by atoms with Gasteiger partial charge in [-0.1, -0.05) is 18.2 Å². The number of aliphatic hydroxyl groups is 1. The number of ether oxygens (including phenoxy) is 1. The molecule has 0 saturated carbocycles. The van der Waals surface area contributed by atoms with E-state index in [1.165, 1.54) is 11.3 Å². The van der Waals surface area contributed by atoms with Gasteiger partial charge in [-0.2, -0.15) is 0 Å². The number of benzene rings is 1. The van der Waals surface area contributed by atoms with E-state index in [2.05, 4.69) is 44.9 Å². The average Bonchev–Trinajstić information content (AvgIpc) is 3.23. The summed E-state index contributed by atoms with van der Waals surface area (Å²) in [7, 11) is 1.69. The van der Waals surface area contributed by atoms with Gasteiger partial charge in [0, 0.05) is 36.6 Å². The molecule has 152 valence electrons. The second-order valence-corrected chi connectivity index (χ2v) is 8.06. The third kappa shape index (κ3) is 4.52. The lowest BCUT2D eigenvalue weighted by Crippen LogP contribution is -2.46. The fourth-order valence-electron chi connectivity index (χ4n) is 4.48. The summed E-state index contributed by atoms with van der Waals surface area (Å²) < 4.78 is 7.53. The SMILES string of the molecule is COc1cccc(CC2(CO)CCCN(Cc3cccn3-c3ccccn3)C2)c1. The highest BCUT2D eigenvalue weighted by atomic mass is 16.5. The van der Waals surface area contributed by atoms with Crippen molar-refractivity contribution < 1.29 is 9.84 Å². The van der Waals surface area contributed by atoms with Crippen molar-refractivity contribution in [2.45, 2.75) is 25.8 Å². The van der Waals surface area contributed by atoms with E-state index in [-0.39, 0.29) is 12.0 Å². The highest BCUT2D eigenvalue weighted by Crippen LogP contribution is 2.34. The number of hydrogen-bond donors (Lipinski definition) is 1. The second kappa shape index (κ2) is 8.80. The fraction of sp³-hybridized carbons (Fsp3) is 0.375. The highest BCUT2D eigenvalue weighted by Gasteiger charge is 2.35. The van der Waals surface area contributed by atoms with Crippen LogP contribution < -0.4 is 4.74 Å². The van der Waals surface area contributed by atoms with Crippen LogP contribution in [0.2, 0.25) is 0 Å². The number of hydrogen-bond acceptors (Lipinski definition) is 4. The van der Waals surface area contributed by atoms with E-state index < -0.39 is 0 Å². The number of nitrogens with zero attached hydrogens (tertiary/aromatic N) is 3. The van der Waals surface area contributed by atoms with Gasteiger partial charge in [0.1, 0.15) is 11.6 Å². The summed E-state index contributed by atoms with van der Waals surface area (Å²) >= 11 is 0. The molecule has 0 bridgehead atoms. The molecule has 5 heteroatoms. The molecule has 1 fully saturated rings. The van der Waals surface area contributed by atoms with Crippen LogP contribution in [-0.4, -0.2) is 46.4 Å². The van der Waals surface area contributed by atoms with Gasteiger partial charge < -0.3 is 14.4 Å². The molecule has 4 rings (SSSR count). The molecule has 0 aliphatic carbocycles. The molecule has 1 saturated heterocycles. The summed E-state index contributed by atoms with van der Waals surface area (Å²) in [5, 5.41) is 10.3. The van der Waals surface area contributed by atoms with Crippen molar-refractivity contribution >= 4 is 0 Å². The Morgan fingerprint density at radius 3 is 2.86 bits per heavy atom. The fourth-order valence-corrected chi connectivity index (χ4v) is 4.48. The lowest BCUT2D eigenvalue weighted by molar-refractivity contribution is 0.0281. The number of rotatable bonds is 7. The quantitative estimate of drug-likeness (QED) is 0.667. The largest absolute Gasteiger partial charge is 0.497 e. The van der Waals surface area contributed by atoms with Crippen molar-refractivity contribution in [1.29, 1.82) is 0 Å². The predicted octanol–water partition coefficient (Wildman–Crippen LogP) is 3.70. The van der Waals surface area contributed by atoms with Gasteiger partial charge >= 0.3 is 0 Å². The van der Waals surface area contributed by atoms with Crippen LogP contribution in [0.5, 0.6) is 5.75 Å². The normalized spacial score (nSPS) is 19.9. The maximum absolute atomic E-state index is 10.3. The summed E-state index contributed by atoms with van der Waals surface area (Å²) in [6, 6.07) is 18.4. The Balaban J connectivity index is 1.50. The van der Waals surface area contributed by atoms with Crippen molar-refractivity contribution in [1.82, 2.24) is 14.5 Å². The van der Waals surface area contributed by atoms with E-state index in [9.17, 15) is 5.11 Å². The first kappa shape index (κ1) is 19.7. The number of aromatic nitrogens is 2. The zero-order valence-electron chi connectivity index (χ0n) is 17.0. The maximum Gasteiger partial charge on any atom is 0.136 e. The lowest BCUT2D eigenvalue weighted by atomic mass is 9.75. The van der Waals surface area contributed by atoms with Crippen LogP contribution in [0.3, 0.4) is 0 Å². The van der Waals surface area contributed by atoms with Gasteiger partial charge in [-0.25, -0.2) is 4.98 Å². The van der Waals surface area contributed by atoms with Crippen molar-refractivity contribution in [2.24, 2.45) is 5.41 Å². The molecule has 0 amide bonds. The van der Waals surface area contributed by atoms with Gasteiger partial charge in [-0.05, 0) is 67.8 Å². The summed E-state index contributed by atoms with van der Waals surface area (Å²) in [6.07, 6.45) is 6.88. The van der Waals surface area contributed by atoms with Crippen LogP contribution in [-0.2, 0) is 13.0 Å². The predicted molar refractivity (Wildman–Crippen MR) is 114 cm³/mol. The molecule has 0 radical (unpaired) electrons. The van der Waals surface area contributed by atoms with Crippen molar-refractivity contribution in [3.05, 3.63) is 78.2 Å². The van der Waals surface area contributed by atoms with Crippen LogP contribution >= 0.6 is 0 Å². The van der Waals surface area contributed by atoms with Gasteiger partial charge in [0.2, 0.25) is 0 Å². The van der Waals surface area contributed by atoms with Crippen LogP contribution in [0.4, 0.5) is 0 Å². The minimum Gasteiger partial charge on any atom is -0.497 e. The summed E-state index contributed by atoms with van der Waals surface area (Å²) in [5.74, 6) is 1.81. The first-order valence-electron chi connectivity index (χ1n) is 10.3. The smallest absolute Gasteiger partial charge is 0.136 e. The molecule has 1 aliphatic rings. The molecule has 0 spiro atoms. The third-order valence-electron chi connectivity index (χ3n) is 5.90. The van der Waals surface area contributed by atoms with E-state index in [1.54, 1.807) is 7.11 Å². The Morgan fingerprint density at radius 2 is 2.07 bits per heavy atom. The first-order valence-corrected chi connectivity index (χ1v) is 10.3. The molecular weight excluding hydrogens is 362 g/mol. The van der Waals surface area contributed by atoms with Crippen LogP contribution in [0, 0.1) is 5.41 Å². The molecule has 3 aromatic rings. The summed E-state index contributed by atoms with van der Waals surface area (Å²) in [4.78, 5) is 6.95. The molecule has 1 aromatic carbocycles. The van der Waals surface area contributed by atoms with Crippen molar-refractivity contribution in [3.63, 3.8) is 0 Å². The topological polar surface area (TPSA) is 50.5 Å². The van der Waals surface area contributed by atoms with Crippen LogP contribution in [0.15, 0.2) is 67.0 Å². The Morgan fingerprint density at radius 1 is 1.14 bits per heavy atom. The van der Waals surface area contributed by atoms with Gasteiger partial charge in [0.15, 0.2) is 0 Å². The minimum absolute atomic E-state index is 0.118. The van der Waals surface area contributed by atoms with E-state index >= 15 is 0 Å². The van der Waals surface area contributed by atoms with E-state index in [1.807, 2.05) is 36.5 Å². The Hall–Kier alpha value is -2.63. The van der Waals surface area contributed by atoms with E-state index in [0.29, 0.717) is 0 Å². The van der Waals surface area contributed by atoms with Gasteiger partial charge in [0.25, 0.3) is 0 Å². The summed E-state index contributed by atoms with van der Waals surface area (Å²) in [6.45, 7) is 2.98. The van der Waals surface area contributed by atoms with Gasteiger partial charge in [-0.15, -0.1) is 0 Å². The molecule has 5 nitrogen and oxygen atoms in total. The van der Waals surface area contributed by atoms with Crippen molar-refractivity contribution in [3.8, 4) is 11.6 Å². The Labute approximate surface area is 172 Å². The number of likely N-dealkylation sites (tertiary alicyclic amines) is 1. The molecule has 2 aromatic heterocycles.